The summed E-state index contributed by atoms with van der Waals surface area (Å²) in [6.45, 7) is 2.04. The number of benzene rings is 1. The van der Waals surface area contributed by atoms with Crippen molar-refractivity contribution in [1.29, 1.82) is 0 Å². The number of phenols is 2. The van der Waals surface area contributed by atoms with Gasteiger partial charge in [-0.05, 0) is 18.1 Å². The largest absolute Gasteiger partial charge is 0.507 e. The van der Waals surface area contributed by atoms with Crippen LogP contribution in [0.5, 0.6) is 11.5 Å². The molecule has 0 amide bonds. The van der Waals surface area contributed by atoms with E-state index in [2.05, 4.69) is 6.07 Å². The summed E-state index contributed by atoms with van der Waals surface area (Å²) in [7, 11) is 0. The molecule has 3 heteroatoms. The second-order valence-electron chi connectivity index (χ2n) is 2.55. The number of aromatic hydroxyl groups is 2. The Morgan fingerprint density at radius 1 is 1.50 bits per heavy atom. The predicted molar refractivity (Wildman–Crippen MR) is 45.9 cm³/mol. The smallest absolute Gasteiger partial charge is 0.131 e. The molecule has 12 heavy (non-hydrogen) atoms. The normalized spacial score (nSPS) is 10.2. The van der Waals surface area contributed by atoms with Gasteiger partial charge in [-0.25, -0.2) is 0 Å². The van der Waals surface area contributed by atoms with Crippen molar-refractivity contribution in [2.24, 2.45) is 5.73 Å². The van der Waals surface area contributed by atoms with Gasteiger partial charge in [-0.3, -0.25) is 0 Å². The van der Waals surface area contributed by atoms with Gasteiger partial charge in [-0.2, -0.15) is 0 Å². The van der Waals surface area contributed by atoms with Gasteiger partial charge in [0.15, 0.2) is 0 Å². The Morgan fingerprint density at radius 2 is 2.17 bits per heavy atom. The Balaban J connectivity index is 3.24. The summed E-state index contributed by atoms with van der Waals surface area (Å²) in [5.41, 5.74) is 6.46. The molecule has 0 saturated carbocycles. The van der Waals surface area contributed by atoms with Crippen LogP contribution < -0.4 is 5.73 Å². The van der Waals surface area contributed by atoms with E-state index >= 15 is 0 Å². The second-order valence-corrected chi connectivity index (χ2v) is 2.55. The molecule has 0 heterocycles. The first-order valence-corrected chi connectivity index (χ1v) is 3.85. The molecule has 0 aliphatic rings. The lowest BCUT2D eigenvalue weighted by Gasteiger charge is -2.07. The summed E-state index contributed by atoms with van der Waals surface area (Å²) >= 11 is 0. The Hall–Kier alpha value is -1.22. The Kier molecular flexibility index (Phi) is 2.55. The highest BCUT2D eigenvalue weighted by atomic mass is 16.3. The van der Waals surface area contributed by atoms with Crippen molar-refractivity contribution < 1.29 is 10.2 Å². The first-order chi connectivity index (χ1) is 5.70. The third-order valence-corrected chi connectivity index (χ3v) is 1.84. The number of nitrogens with two attached hydrogens (primary N) is 1. The molecule has 4 N–H and O–H groups in total. The second kappa shape index (κ2) is 3.45. The lowest BCUT2D eigenvalue weighted by Crippen LogP contribution is -1.99. The molecule has 0 spiro atoms. The van der Waals surface area contributed by atoms with Crippen molar-refractivity contribution in [2.75, 3.05) is 0 Å². The highest BCUT2D eigenvalue weighted by molar-refractivity contribution is 5.47. The first kappa shape index (κ1) is 8.87. The highest BCUT2D eigenvalue weighted by Gasteiger charge is 2.09. The molecular weight excluding hydrogens is 154 g/mol. The van der Waals surface area contributed by atoms with Gasteiger partial charge >= 0.3 is 0 Å². The van der Waals surface area contributed by atoms with Crippen LogP contribution in [-0.2, 0) is 13.0 Å². The van der Waals surface area contributed by atoms with Crippen LogP contribution in [0.4, 0.5) is 0 Å². The molecule has 0 aliphatic heterocycles. The first-order valence-electron chi connectivity index (χ1n) is 3.85. The standard InChI is InChI=1S/C9H12NO2/c1-2-6-3-4-8(11)7(5-10)9(6)12/h3,11-12H,2,5,10H2,1H3. The van der Waals surface area contributed by atoms with E-state index in [9.17, 15) is 10.2 Å². The zero-order chi connectivity index (χ0) is 9.14. The topological polar surface area (TPSA) is 66.5 Å². The zero-order valence-electron chi connectivity index (χ0n) is 6.96. The predicted octanol–water partition coefficient (Wildman–Crippen LogP) is 0.919. The summed E-state index contributed by atoms with van der Waals surface area (Å²) < 4.78 is 0. The van der Waals surface area contributed by atoms with E-state index in [1.807, 2.05) is 6.92 Å². The lowest BCUT2D eigenvalue weighted by molar-refractivity contribution is 0.434. The third-order valence-electron chi connectivity index (χ3n) is 1.84. The molecule has 0 aromatic heterocycles. The van der Waals surface area contributed by atoms with E-state index in [4.69, 9.17) is 5.73 Å². The molecule has 1 rings (SSSR count). The van der Waals surface area contributed by atoms with E-state index in [-0.39, 0.29) is 18.0 Å². The summed E-state index contributed by atoms with van der Waals surface area (Å²) in [6, 6.07) is 4.20. The van der Waals surface area contributed by atoms with Gasteiger partial charge in [0.05, 0.1) is 5.56 Å². The van der Waals surface area contributed by atoms with Crippen LogP contribution in [0.2, 0.25) is 0 Å². The van der Waals surface area contributed by atoms with E-state index < -0.39 is 0 Å². The van der Waals surface area contributed by atoms with Gasteiger partial charge < -0.3 is 15.9 Å². The maximum absolute atomic E-state index is 9.51. The average molecular weight is 166 g/mol. The molecule has 1 radical (unpaired) electrons. The van der Waals surface area contributed by atoms with Gasteiger partial charge in [0.2, 0.25) is 0 Å². The molecule has 65 valence electrons. The fourth-order valence-corrected chi connectivity index (χ4v) is 1.08. The molecule has 0 fully saturated rings. The molecule has 0 atom stereocenters. The van der Waals surface area contributed by atoms with Gasteiger partial charge in [-0.1, -0.05) is 6.92 Å². The van der Waals surface area contributed by atoms with Gasteiger partial charge in [-0.15, -0.1) is 0 Å². The molecule has 0 unspecified atom stereocenters. The Morgan fingerprint density at radius 3 is 2.67 bits per heavy atom. The van der Waals surface area contributed by atoms with Crippen molar-refractivity contribution in [2.45, 2.75) is 19.9 Å². The molecule has 3 nitrogen and oxygen atoms in total. The number of rotatable bonds is 2. The van der Waals surface area contributed by atoms with Crippen LogP contribution in [0.25, 0.3) is 0 Å². The summed E-state index contributed by atoms with van der Waals surface area (Å²) in [5, 5.41) is 18.7. The maximum Gasteiger partial charge on any atom is 0.131 e. The summed E-state index contributed by atoms with van der Waals surface area (Å²) in [4.78, 5) is 0. The minimum Gasteiger partial charge on any atom is -0.507 e. The number of hydrogen-bond donors (Lipinski definition) is 3. The Labute approximate surface area is 71.5 Å². The molecule has 0 saturated heterocycles. The van der Waals surface area contributed by atoms with Gasteiger partial charge in [0, 0.05) is 12.6 Å². The highest BCUT2D eigenvalue weighted by Crippen LogP contribution is 2.29. The molecular formula is C9H12NO2. The average Bonchev–Trinajstić information content (AvgIpc) is 2.06. The van der Waals surface area contributed by atoms with Crippen molar-refractivity contribution in [3.05, 3.63) is 23.3 Å². The minimum atomic E-state index is -0.0628. The zero-order valence-corrected chi connectivity index (χ0v) is 6.96. The van der Waals surface area contributed by atoms with E-state index in [0.29, 0.717) is 12.0 Å². The van der Waals surface area contributed by atoms with Crippen LogP contribution >= 0.6 is 0 Å². The SMILES string of the molecule is CCc1c[c]c(O)c(CN)c1O. The van der Waals surface area contributed by atoms with Crippen LogP contribution in [-0.4, -0.2) is 10.2 Å². The van der Waals surface area contributed by atoms with Gasteiger partial charge in [0.25, 0.3) is 0 Å². The lowest BCUT2D eigenvalue weighted by atomic mass is 10.1. The van der Waals surface area contributed by atoms with Gasteiger partial charge in [0.1, 0.15) is 11.5 Å². The summed E-state index contributed by atoms with van der Waals surface area (Å²) in [6.07, 6.45) is 0.704. The molecule has 1 aromatic rings. The fourth-order valence-electron chi connectivity index (χ4n) is 1.08. The van der Waals surface area contributed by atoms with Crippen molar-refractivity contribution >= 4 is 0 Å². The number of phenolic OH excluding ortho intramolecular Hbond substituents is 2. The van der Waals surface area contributed by atoms with Crippen LogP contribution in [0.3, 0.4) is 0 Å². The van der Waals surface area contributed by atoms with E-state index in [1.54, 1.807) is 6.07 Å². The quantitative estimate of drug-likeness (QED) is 0.612. The molecule has 0 bridgehead atoms. The van der Waals surface area contributed by atoms with Crippen LogP contribution in [0, 0.1) is 6.07 Å². The summed E-state index contributed by atoms with van der Waals surface area (Å²) in [5.74, 6) is 0.0310. The number of hydrogen-bond acceptors (Lipinski definition) is 3. The third kappa shape index (κ3) is 1.36. The van der Waals surface area contributed by atoms with Crippen LogP contribution in [0.15, 0.2) is 6.07 Å². The Bertz CT molecular complexity index is 284. The minimum absolute atomic E-state index is 0.0628. The van der Waals surface area contributed by atoms with Crippen molar-refractivity contribution in [3.63, 3.8) is 0 Å². The van der Waals surface area contributed by atoms with Crippen molar-refractivity contribution in [3.8, 4) is 11.5 Å². The van der Waals surface area contributed by atoms with Crippen molar-refractivity contribution in [1.82, 2.24) is 0 Å². The van der Waals surface area contributed by atoms with E-state index in [1.165, 1.54) is 0 Å². The monoisotopic (exact) mass is 166 g/mol. The number of aryl methyl sites for hydroxylation is 1. The fraction of sp³-hybridized carbons (Fsp3) is 0.333. The molecule has 1 aromatic carbocycles. The molecule has 0 aliphatic carbocycles. The van der Waals surface area contributed by atoms with Crippen LogP contribution in [0.1, 0.15) is 18.1 Å². The van der Waals surface area contributed by atoms with E-state index in [0.717, 1.165) is 5.56 Å². The maximum atomic E-state index is 9.51.